The Hall–Kier alpha value is -2.21. The van der Waals surface area contributed by atoms with Crippen LogP contribution in [0.4, 0.5) is 5.82 Å². The summed E-state index contributed by atoms with van der Waals surface area (Å²) in [4.78, 5) is 24.0. The van der Waals surface area contributed by atoms with Crippen LogP contribution in [0, 0.1) is 0 Å². The number of fused-ring (bicyclic) bond motifs is 1. The minimum atomic E-state index is 0.0369. The predicted molar refractivity (Wildman–Crippen MR) is 101 cm³/mol. The number of nitrogens with zero attached hydrogens (tertiary/aromatic N) is 3. The van der Waals surface area contributed by atoms with Crippen LogP contribution in [-0.2, 0) is 4.74 Å². The van der Waals surface area contributed by atoms with E-state index in [2.05, 4.69) is 22.2 Å². The zero-order valence-electron chi connectivity index (χ0n) is 15.3. The van der Waals surface area contributed by atoms with E-state index < -0.39 is 0 Å². The number of anilines is 1. The minimum absolute atomic E-state index is 0.0369. The molecule has 2 fully saturated rings. The second-order valence-electron chi connectivity index (χ2n) is 7.33. The first-order valence-electron chi connectivity index (χ1n) is 9.63. The maximum atomic E-state index is 12.9. The Kier molecular flexibility index (Phi) is 5.02. The molecule has 1 unspecified atom stereocenters. The van der Waals surface area contributed by atoms with Crippen molar-refractivity contribution in [3.05, 3.63) is 30.1 Å². The summed E-state index contributed by atoms with van der Waals surface area (Å²) in [6.45, 7) is 4.52. The smallest absolute Gasteiger partial charge is 0.272 e. The summed E-state index contributed by atoms with van der Waals surface area (Å²) >= 11 is 0. The van der Waals surface area contributed by atoms with Crippen LogP contribution in [0.3, 0.4) is 0 Å². The van der Waals surface area contributed by atoms with Crippen molar-refractivity contribution in [1.29, 1.82) is 0 Å². The zero-order chi connectivity index (χ0) is 17.9. The van der Waals surface area contributed by atoms with Crippen molar-refractivity contribution in [3.8, 4) is 0 Å². The number of hydrogen-bond acceptors (Lipinski definition) is 5. The van der Waals surface area contributed by atoms with Crippen molar-refractivity contribution in [1.82, 2.24) is 14.9 Å². The predicted octanol–water partition coefficient (Wildman–Crippen LogP) is 3.24. The van der Waals surface area contributed by atoms with Gasteiger partial charge in [-0.15, -0.1) is 0 Å². The van der Waals surface area contributed by atoms with Crippen LogP contribution in [0.15, 0.2) is 24.4 Å². The van der Waals surface area contributed by atoms with Crippen LogP contribution in [0.5, 0.6) is 0 Å². The van der Waals surface area contributed by atoms with Gasteiger partial charge in [0.25, 0.3) is 5.91 Å². The Bertz CT molecular complexity index is 788. The highest BCUT2D eigenvalue weighted by molar-refractivity contribution is 5.95. The number of nitrogens with one attached hydrogen (secondary N) is 1. The lowest BCUT2D eigenvalue weighted by Crippen LogP contribution is -2.42. The normalized spacial score (nSPS) is 21.7. The molecule has 0 bridgehead atoms. The van der Waals surface area contributed by atoms with Gasteiger partial charge in [0.2, 0.25) is 0 Å². The van der Waals surface area contributed by atoms with Crippen LogP contribution in [0.25, 0.3) is 10.9 Å². The average Bonchev–Trinajstić information content (AvgIpc) is 2.68. The standard InChI is InChI=1S/C20H26N4O2/c1-14-4-2-3-9-24(14)20(25)17-6-5-15-13-21-19(12-18(15)23-17)22-16-7-10-26-11-8-16/h5-6,12-14,16H,2-4,7-11H2,1H3,(H,21,22). The van der Waals surface area contributed by atoms with Crippen LogP contribution in [0.1, 0.15) is 49.5 Å². The molecule has 0 saturated carbocycles. The molecule has 1 N–H and O–H groups in total. The number of pyridine rings is 2. The van der Waals surface area contributed by atoms with E-state index in [9.17, 15) is 4.79 Å². The van der Waals surface area contributed by atoms with E-state index in [-0.39, 0.29) is 11.9 Å². The maximum absolute atomic E-state index is 12.9. The van der Waals surface area contributed by atoms with Gasteiger partial charge in [0.05, 0.1) is 5.52 Å². The van der Waals surface area contributed by atoms with Crippen LogP contribution in [0.2, 0.25) is 0 Å². The van der Waals surface area contributed by atoms with Gasteiger partial charge >= 0.3 is 0 Å². The fraction of sp³-hybridized carbons (Fsp3) is 0.550. The Morgan fingerprint density at radius 3 is 2.88 bits per heavy atom. The van der Waals surface area contributed by atoms with Crippen molar-refractivity contribution >= 4 is 22.6 Å². The third-order valence-corrected chi connectivity index (χ3v) is 5.43. The molecule has 138 valence electrons. The van der Waals surface area contributed by atoms with Crippen molar-refractivity contribution in [2.24, 2.45) is 0 Å². The monoisotopic (exact) mass is 354 g/mol. The molecule has 0 aromatic carbocycles. The Balaban J connectivity index is 1.55. The van der Waals surface area contributed by atoms with Gasteiger partial charge in [-0.05, 0) is 51.2 Å². The van der Waals surface area contributed by atoms with Crippen molar-refractivity contribution in [2.45, 2.75) is 51.1 Å². The number of hydrogen-bond donors (Lipinski definition) is 1. The number of carbonyl (C=O) groups excluding carboxylic acids is 1. The highest BCUT2D eigenvalue weighted by Gasteiger charge is 2.25. The molecule has 0 aliphatic carbocycles. The summed E-state index contributed by atoms with van der Waals surface area (Å²) in [5, 5.41) is 4.42. The SMILES string of the molecule is CC1CCCCN1C(=O)c1ccc2cnc(NC3CCOCC3)cc2n1. The molecule has 0 radical (unpaired) electrons. The molecule has 2 aromatic heterocycles. The largest absolute Gasteiger partial charge is 0.381 e. The van der Waals surface area contributed by atoms with Gasteiger partial charge in [-0.2, -0.15) is 0 Å². The summed E-state index contributed by atoms with van der Waals surface area (Å²) in [5.74, 6) is 0.850. The van der Waals surface area contributed by atoms with Gasteiger partial charge in [-0.25, -0.2) is 9.97 Å². The molecule has 2 aromatic rings. The maximum Gasteiger partial charge on any atom is 0.272 e. The second kappa shape index (κ2) is 7.58. The quantitative estimate of drug-likeness (QED) is 0.916. The van der Waals surface area contributed by atoms with Gasteiger partial charge < -0.3 is 15.0 Å². The summed E-state index contributed by atoms with van der Waals surface area (Å²) in [7, 11) is 0. The third kappa shape index (κ3) is 3.65. The number of carbonyl (C=O) groups is 1. The van der Waals surface area contributed by atoms with E-state index in [4.69, 9.17) is 4.74 Å². The molecule has 0 spiro atoms. The molecule has 6 nitrogen and oxygen atoms in total. The molecule has 1 atom stereocenters. The fourth-order valence-electron chi connectivity index (χ4n) is 3.81. The second-order valence-corrected chi connectivity index (χ2v) is 7.33. The molecular formula is C20H26N4O2. The molecule has 1 amide bonds. The molecule has 2 aliphatic rings. The summed E-state index contributed by atoms with van der Waals surface area (Å²) in [5.41, 5.74) is 1.33. The molecule has 4 rings (SSSR count). The summed E-state index contributed by atoms with van der Waals surface area (Å²) in [6, 6.07) is 6.38. The molecule has 6 heteroatoms. The van der Waals surface area contributed by atoms with Gasteiger partial charge in [0, 0.05) is 49.5 Å². The Labute approximate surface area is 154 Å². The first-order valence-corrected chi connectivity index (χ1v) is 9.63. The average molecular weight is 354 g/mol. The molecular weight excluding hydrogens is 328 g/mol. The minimum Gasteiger partial charge on any atom is -0.381 e. The van der Waals surface area contributed by atoms with E-state index in [1.54, 1.807) is 0 Å². The van der Waals surface area contributed by atoms with Gasteiger partial charge in [-0.3, -0.25) is 4.79 Å². The lowest BCUT2D eigenvalue weighted by Gasteiger charge is -2.33. The van der Waals surface area contributed by atoms with E-state index in [1.807, 2.05) is 29.3 Å². The first-order chi connectivity index (χ1) is 12.7. The Morgan fingerprint density at radius 1 is 1.23 bits per heavy atom. The van der Waals surface area contributed by atoms with Gasteiger partial charge in [0.1, 0.15) is 11.5 Å². The zero-order valence-corrected chi connectivity index (χ0v) is 15.3. The number of likely N-dealkylation sites (tertiary alicyclic amines) is 1. The van der Waals surface area contributed by atoms with Crippen LogP contribution in [-0.4, -0.2) is 52.6 Å². The van der Waals surface area contributed by atoms with Crippen LogP contribution >= 0.6 is 0 Å². The number of amides is 1. The molecule has 2 saturated heterocycles. The van der Waals surface area contributed by atoms with E-state index in [0.29, 0.717) is 11.7 Å². The summed E-state index contributed by atoms with van der Waals surface area (Å²) in [6.07, 6.45) is 7.14. The van der Waals surface area contributed by atoms with E-state index >= 15 is 0 Å². The summed E-state index contributed by atoms with van der Waals surface area (Å²) < 4.78 is 5.40. The van der Waals surface area contributed by atoms with E-state index in [0.717, 1.165) is 62.2 Å². The first kappa shape index (κ1) is 17.2. The van der Waals surface area contributed by atoms with Gasteiger partial charge in [-0.1, -0.05) is 0 Å². The fourth-order valence-corrected chi connectivity index (χ4v) is 3.81. The van der Waals surface area contributed by atoms with Crippen LogP contribution < -0.4 is 5.32 Å². The van der Waals surface area contributed by atoms with Crippen molar-refractivity contribution in [3.63, 3.8) is 0 Å². The highest BCUT2D eigenvalue weighted by Crippen LogP contribution is 2.21. The van der Waals surface area contributed by atoms with Gasteiger partial charge in [0.15, 0.2) is 0 Å². The molecule has 4 heterocycles. The lowest BCUT2D eigenvalue weighted by atomic mass is 10.0. The molecule has 2 aliphatic heterocycles. The van der Waals surface area contributed by atoms with Crippen molar-refractivity contribution < 1.29 is 9.53 Å². The Morgan fingerprint density at radius 2 is 2.08 bits per heavy atom. The van der Waals surface area contributed by atoms with Crippen molar-refractivity contribution in [2.75, 3.05) is 25.1 Å². The molecule has 26 heavy (non-hydrogen) atoms. The number of aromatic nitrogens is 2. The number of rotatable bonds is 3. The topological polar surface area (TPSA) is 67.4 Å². The van der Waals surface area contributed by atoms with E-state index in [1.165, 1.54) is 6.42 Å². The third-order valence-electron chi connectivity index (χ3n) is 5.43. The number of piperidine rings is 1. The highest BCUT2D eigenvalue weighted by atomic mass is 16.5. The number of ether oxygens (including phenoxy) is 1. The lowest BCUT2D eigenvalue weighted by molar-refractivity contribution is 0.0630.